The molecule has 1 aliphatic rings. The molecule has 2 amide bonds. The third-order valence-electron chi connectivity index (χ3n) is 2.75. The highest BCUT2D eigenvalue weighted by atomic mass is 16.5. The van der Waals surface area contributed by atoms with Gasteiger partial charge in [0.2, 0.25) is 11.8 Å². The molecule has 6 nitrogen and oxygen atoms in total. The largest absolute Gasteiger partial charge is 0.479 e. The molecule has 0 aromatic rings. The van der Waals surface area contributed by atoms with Crippen LogP contribution in [0, 0.1) is 5.92 Å². The molecule has 1 aliphatic heterocycles. The lowest BCUT2D eigenvalue weighted by molar-refractivity contribution is -0.165. The van der Waals surface area contributed by atoms with Crippen LogP contribution in [0.4, 0.5) is 0 Å². The van der Waals surface area contributed by atoms with Gasteiger partial charge in [-0.05, 0) is 6.92 Å². The van der Waals surface area contributed by atoms with E-state index in [1.165, 1.54) is 14.0 Å². The predicted molar refractivity (Wildman–Crippen MR) is 53.6 cm³/mol. The molecule has 1 N–H and O–H groups in total. The van der Waals surface area contributed by atoms with Gasteiger partial charge in [-0.3, -0.25) is 14.5 Å². The van der Waals surface area contributed by atoms with Crippen LogP contribution in [0.3, 0.4) is 0 Å². The summed E-state index contributed by atoms with van der Waals surface area (Å²) in [7, 11) is 1.33. The molecule has 0 aliphatic carbocycles. The second-order valence-electron chi connectivity index (χ2n) is 4.18. The Balaban J connectivity index is 3.08. The minimum Gasteiger partial charge on any atom is -0.479 e. The zero-order chi connectivity index (χ0) is 12.5. The molecule has 0 radical (unpaired) electrons. The van der Waals surface area contributed by atoms with Crippen LogP contribution in [0.15, 0.2) is 0 Å². The van der Waals surface area contributed by atoms with Crippen LogP contribution in [0.25, 0.3) is 0 Å². The van der Waals surface area contributed by atoms with Crippen LogP contribution in [0.2, 0.25) is 0 Å². The maximum absolute atomic E-state index is 11.7. The maximum Gasteiger partial charge on any atom is 0.332 e. The van der Waals surface area contributed by atoms with E-state index in [0.717, 1.165) is 4.90 Å². The Morgan fingerprint density at radius 3 is 2.50 bits per heavy atom. The standard InChI is InChI=1S/C10H15NO5/c1-6-4-7(12)11(8(6)13)10(2,5-16-3)9(14)15/h6H,4-5H2,1-3H3,(H,14,15). The normalized spacial score (nSPS) is 24.7. The number of amides is 2. The first-order valence-corrected chi connectivity index (χ1v) is 4.94. The number of hydrogen-bond acceptors (Lipinski definition) is 4. The van der Waals surface area contributed by atoms with Crippen molar-refractivity contribution in [1.29, 1.82) is 0 Å². The smallest absolute Gasteiger partial charge is 0.332 e. The highest BCUT2D eigenvalue weighted by molar-refractivity contribution is 6.07. The zero-order valence-corrected chi connectivity index (χ0v) is 9.52. The Morgan fingerprint density at radius 1 is 1.62 bits per heavy atom. The van der Waals surface area contributed by atoms with E-state index in [-0.39, 0.29) is 13.0 Å². The van der Waals surface area contributed by atoms with Gasteiger partial charge in [0.25, 0.3) is 0 Å². The molecule has 2 atom stereocenters. The van der Waals surface area contributed by atoms with E-state index in [4.69, 9.17) is 9.84 Å². The number of methoxy groups -OCH3 is 1. The zero-order valence-electron chi connectivity index (χ0n) is 9.52. The van der Waals surface area contributed by atoms with Gasteiger partial charge in [0.05, 0.1) is 6.61 Å². The molecule has 1 saturated heterocycles. The molecule has 1 fully saturated rings. The Kier molecular flexibility index (Phi) is 3.32. The molecule has 0 aromatic carbocycles. The molecular formula is C10H15NO5. The highest BCUT2D eigenvalue weighted by Crippen LogP contribution is 2.27. The van der Waals surface area contributed by atoms with Crippen molar-refractivity contribution < 1.29 is 24.2 Å². The number of likely N-dealkylation sites (tertiary alicyclic amines) is 1. The van der Waals surface area contributed by atoms with E-state index >= 15 is 0 Å². The van der Waals surface area contributed by atoms with Crippen LogP contribution in [0.1, 0.15) is 20.3 Å². The summed E-state index contributed by atoms with van der Waals surface area (Å²) in [6.45, 7) is 2.70. The topological polar surface area (TPSA) is 83.9 Å². The first kappa shape index (κ1) is 12.6. The number of hydrogen-bond donors (Lipinski definition) is 1. The second-order valence-corrected chi connectivity index (χ2v) is 4.18. The lowest BCUT2D eigenvalue weighted by atomic mass is 10.0. The van der Waals surface area contributed by atoms with Gasteiger partial charge in [-0.2, -0.15) is 0 Å². The molecule has 1 rings (SSSR count). The van der Waals surface area contributed by atoms with Gasteiger partial charge in [0.15, 0.2) is 5.54 Å². The molecule has 0 spiro atoms. The third kappa shape index (κ3) is 1.80. The first-order valence-electron chi connectivity index (χ1n) is 4.94. The number of nitrogens with zero attached hydrogens (tertiary/aromatic N) is 1. The lowest BCUT2D eigenvalue weighted by Crippen LogP contribution is -2.58. The van der Waals surface area contributed by atoms with Gasteiger partial charge in [0, 0.05) is 19.4 Å². The van der Waals surface area contributed by atoms with E-state index in [1.807, 2.05) is 0 Å². The second kappa shape index (κ2) is 4.21. The number of imide groups is 1. The summed E-state index contributed by atoms with van der Waals surface area (Å²) in [5, 5.41) is 9.12. The minimum atomic E-state index is -1.62. The third-order valence-corrected chi connectivity index (χ3v) is 2.75. The minimum absolute atomic E-state index is 0.0609. The van der Waals surface area contributed by atoms with Gasteiger partial charge < -0.3 is 9.84 Å². The summed E-state index contributed by atoms with van der Waals surface area (Å²) in [5.41, 5.74) is -1.62. The van der Waals surface area contributed by atoms with Crippen LogP contribution in [0.5, 0.6) is 0 Å². The van der Waals surface area contributed by atoms with Crippen molar-refractivity contribution >= 4 is 17.8 Å². The maximum atomic E-state index is 11.7. The van der Waals surface area contributed by atoms with Crippen molar-refractivity contribution in [3.8, 4) is 0 Å². The molecule has 0 bridgehead atoms. The number of carboxylic acid groups (broad SMARTS) is 1. The Morgan fingerprint density at radius 2 is 2.19 bits per heavy atom. The van der Waals surface area contributed by atoms with Gasteiger partial charge in [-0.25, -0.2) is 4.79 Å². The summed E-state index contributed by atoms with van der Waals surface area (Å²) in [6.07, 6.45) is 0.0609. The van der Waals surface area contributed by atoms with E-state index in [9.17, 15) is 14.4 Å². The molecule has 2 unspecified atom stereocenters. The fourth-order valence-corrected chi connectivity index (χ4v) is 1.81. The van der Waals surface area contributed by atoms with E-state index in [0.29, 0.717) is 0 Å². The number of carboxylic acids is 1. The van der Waals surface area contributed by atoms with E-state index < -0.39 is 29.2 Å². The summed E-state index contributed by atoms with van der Waals surface area (Å²) in [6, 6.07) is 0. The monoisotopic (exact) mass is 229 g/mol. The first-order chi connectivity index (χ1) is 7.34. The van der Waals surface area contributed by atoms with Gasteiger partial charge in [-0.15, -0.1) is 0 Å². The molecule has 6 heteroatoms. The van der Waals surface area contributed by atoms with Crippen molar-refractivity contribution in [2.75, 3.05) is 13.7 Å². The van der Waals surface area contributed by atoms with E-state index in [2.05, 4.69) is 0 Å². The van der Waals surface area contributed by atoms with Crippen LogP contribution >= 0.6 is 0 Å². The van der Waals surface area contributed by atoms with Crippen molar-refractivity contribution in [1.82, 2.24) is 4.90 Å². The van der Waals surface area contributed by atoms with Gasteiger partial charge in [0.1, 0.15) is 0 Å². The number of aliphatic carboxylic acids is 1. The van der Waals surface area contributed by atoms with Crippen molar-refractivity contribution in [2.45, 2.75) is 25.8 Å². The fourth-order valence-electron chi connectivity index (χ4n) is 1.81. The Bertz CT molecular complexity index is 340. The molecule has 16 heavy (non-hydrogen) atoms. The van der Waals surface area contributed by atoms with Crippen LogP contribution in [-0.2, 0) is 19.1 Å². The fraction of sp³-hybridized carbons (Fsp3) is 0.700. The van der Waals surface area contributed by atoms with Crippen LogP contribution < -0.4 is 0 Å². The highest BCUT2D eigenvalue weighted by Gasteiger charge is 2.51. The van der Waals surface area contributed by atoms with E-state index in [1.54, 1.807) is 6.92 Å². The van der Waals surface area contributed by atoms with Gasteiger partial charge >= 0.3 is 5.97 Å². The summed E-state index contributed by atoms with van der Waals surface area (Å²) in [5.74, 6) is -2.61. The quantitative estimate of drug-likeness (QED) is 0.679. The molecule has 0 aromatic heterocycles. The summed E-state index contributed by atoms with van der Waals surface area (Å²) < 4.78 is 4.79. The average Bonchev–Trinajstić information content (AvgIpc) is 2.41. The Hall–Kier alpha value is -1.43. The predicted octanol–water partition coefficient (Wildman–Crippen LogP) is -0.129. The number of carbonyl (C=O) groups is 3. The van der Waals surface area contributed by atoms with Crippen molar-refractivity contribution in [3.63, 3.8) is 0 Å². The Labute approximate surface area is 93.2 Å². The molecule has 0 saturated carbocycles. The number of carbonyl (C=O) groups excluding carboxylic acids is 2. The molecular weight excluding hydrogens is 214 g/mol. The molecule has 90 valence electrons. The molecule has 1 heterocycles. The van der Waals surface area contributed by atoms with Crippen molar-refractivity contribution in [3.05, 3.63) is 0 Å². The van der Waals surface area contributed by atoms with Crippen molar-refractivity contribution in [2.24, 2.45) is 5.92 Å². The summed E-state index contributed by atoms with van der Waals surface area (Å²) in [4.78, 5) is 35.3. The SMILES string of the molecule is COCC(C)(C(=O)O)N1C(=O)CC(C)C1=O. The number of ether oxygens (including phenoxy) is 1. The lowest BCUT2D eigenvalue weighted by Gasteiger charge is -2.32. The number of rotatable bonds is 4. The average molecular weight is 229 g/mol. The van der Waals surface area contributed by atoms with Crippen LogP contribution in [-0.4, -0.2) is 47.0 Å². The summed E-state index contributed by atoms with van der Waals surface area (Å²) >= 11 is 0. The van der Waals surface area contributed by atoms with Gasteiger partial charge in [-0.1, -0.05) is 6.92 Å².